The standard InChI is InChI=1S/C12H9F3O3/c1-17-9-6-18-11(16)10(9)7-3-2-4-8(5-7)12(13,14)15/h2-5H,6H2,1H3. The highest BCUT2D eigenvalue weighted by atomic mass is 19.4. The lowest BCUT2D eigenvalue weighted by molar-refractivity contribution is -0.138. The molecule has 0 radical (unpaired) electrons. The summed E-state index contributed by atoms with van der Waals surface area (Å²) in [6.45, 7) is -0.0547. The van der Waals surface area contributed by atoms with Gasteiger partial charge < -0.3 is 9.47 Å². The lowest BCUT2D eigenvalue weighted by Gasteiger charge is -2.08. The number of alkyl halides is 3. The molecule has 0 bridgehead atoms. The molecule has 2 rings (SSSR count). The summed E-state index contributed by atoms with van der Waals surface area (Å²) >= 11 is 0. The van der Waals surface area contributed by atoms with Crippen molar-refractivity contribution >= 4 is 11.5 Å². The molecule has 1 aromatic carbocycles. The Balaban J connectivity index is 2.49. The summed E-state index contributed by atoms with van der Waals surface area (Å²) in [5.41, 5.74) is -0.629. The van der Waals surface area contributed by atoms with Gasteiger partial charge in [-0.05, 0) is 17.7 Å². The van der Waals surface area contributed by atoms with E-state index in [0.29, 0.717) is 0 Å². The van der Waals surface area contributed by atoms with E-state index in [1.807, 2.05) is 0 Å². The Kier molecular flexibility index (Phi) is 3.02. The van der Waals surface area contributed by atoms with Crippen molar-refractivity contribution in [3.63, 3.8) is 0 Å². The highest BCUT2D eigenvalue weighted by Crippen LogP contribution is 2.33. The minimum absolute atomic E-state index is 0.0450. The van der Waals surface area contributed by atoms with Gasteiger partial charge in [-0.1, -0.05) is 12.1 Å². The summed E-state index contributed by atoms with van der Waals surface area (Å²) in [5, 5.41) is 0. The maximum absolute atomic E-state index is 12.6. The van der Waals surface area contributed by atoms with E-state index in [9.17, 15) is 18.0 Å². The highest BCUT2D eigenvalue weighted by molar-refractivity contribution is 6.18. The van der Waals surface area contributed by atoms with Crippen molar-refractivity contribution in [1.82, 2.24) is 0 Å². The fourth-order valence-electron chi connectivity index (χ4n) is 1.68. The summed E-state index contributed by atoms with van der Waals surface area (Å²) in [4.78, 5) is 11.5. The highest BCUT2D eigenvalue weighted by Gasteiger charge is 2.33. The second-order valence-corrected chi connectivity index (χ2v) is 3.66. The Labute approximate surface area is 101 Å². The fourth-order valence-corrected chi connectivity index (χ4v) is 1.68. The molecule has 1 aliphatic rings. The van der Waals surface area contributed by atoms with Crippen LogP contribution in [0.5, 0.6) is 0 Å². The number of cyclic esters (lactones) is 1. The molecule has 6 heteroatoms. The first kappa shape index (κ1) is 12.5. The van der Waals surface area contributed by atoms with Crippen LogP contribution in [0, 0.1) is 0 Å². The molecule has 0 atom stereocenters. The molecule has 0 aromatic heterocycles. The molecular weight excluding hydrogens is 249 g/mol. The monoisotopic (exact) mass is 258 g/mol. The van der Waals surface area contributed by atoms with Crippen molar-refractivity contribution in [3.8, 4) is 0 Å². The Morgan fingerprint density at radius 3 is 2.67 bits per heavy atom. The predicted molar refractivity (Wildman–Crippen MR) is 56.3 cm³/mol. The molecule has 0 aliphatic carbocycles. The van der Waals surface area contributed by atoms with Gasteiger partial charge in [0.1, 0.15) is 17.9 Å². The Bertz CT molecular complexity index is 518. The molecule has 0 unspecified atom stereocenters. The van der Waals surface area contributed by atoms with Crippen LogP contribution in [0.2, 0.25) is 0 Å². The Morgan fingerprint density at radius 1 is 1.33 bits per heavy atom. The van der Waals surface area contributed by atoms with Gasteiger partial charge in [-0.25, -0.2) is 4.79 Å². The van der Waals surface area contributed by atoms with Gasteiger partial charge in [0.25, 0.3) is 0 Å². The van der Waals surface area contributed by atoms with Gasteiger partial charge in [0.05, 0.1) is 12.7 Å². The molecule has 3 nitrogen and oxygen atoms in total. The van der Waals surface area contributed by atoms with Crippen LogP contribution in [-0.4, -0.2) is 19.7 Å². The van der Waals surface area contributed by atoms with Gasteiger partial charge in [0.2, 0.25) is 0 Å². The van der Waals surface area contributed by atoms with E-state index >= 15 is 0 Å². The second-order valence-electron chi connectivity index (χ2n) is 3.66. The number of hydrogen-bond donors (Lipinski definition) is 0. The molecule has 0 fully saturated rings. The van der Waals surface area contributed by atoms with Crippen LogP contribution >= 0.6 is 0 Å². The van der Waals surface area contributed by atoms with Crippen molar-refractivity contribution in [1.29, 1.82) is 0 Å². The van der Waals surface area contributed by atoms with E-state index in [-0.39, 0.29) is 23.5 Å². The van der Waals surface area contributed by atoms with Crippen LogP contribution in [0.1, 0.15) is 11.1 Å². The Morgan fingerprint density at radius 2 is 2.06 bits per heavy atom. The molecular formula is C12H9F3O3. The molecule has 0 N–H and O–H groups in total. The number of hydrogen-bond acceptors (Lipinski definition) is 3. The van der Waals surface area contributed by atoms with Crippen LogP contribution in [0.25, 0.3) is 5.57 Å². The molecule has 1 aromatic rings. The zero-order valence-electron chi connectivity index (χ0n) is 9.38. The molecule has 0 saturated heterocycles. The van der Waals surface area contributed by atoms with Crippen LogP contribution in [0.15, 0.2) is 30.0 Å². The number of esters is 1. The first-order valence-corrected chi connectivity index (χ1v) is 5.05. The lowest BCUT2D eigenvalue weighted by atomic mass is 10.0. The van der Waals surface area contributed by atoms with Crippen molar-refractivity contribution < 1.29 is 27.4 Å². The Hall–Kier alpha value is -1.98. The van der Waals surface area contributed by atoms with Gasteiger partial charge in [0.15, 0.2) is 0 Å². The van der Waals surface area contributed by atoms with Crippen molar-refractivity contribution in [2.24, 2.45) is 0 Å². The minimum atomic E-state index is -4.45. The molecule has 0 amide bonds. The third kappa shape index (κ3) is 2.18. The quantitative estimate of drug-likeness (QED) is 0.765. The number of halogens is 3. The molecule has 0 saturated carbocycles. The molecule has 0 spiro atoms. The maximum Gasteiger partial charge on any atom is 0.416 e. The van der Waals surface area contributed by atoms with Crippen LogP contribution in [0.3, 0.4) is 0 Å². The third-order valence-corrected chi connectivity index (χ3v) is 2.54. The van der Waals surface area contributed by atoms with Crippen molar-refractivity contribution in [2.75, 3.05) is 13.7 Å². The largest absolute Gasteiger partial charge is 0.497 e. The van der Waals surface area contributed by atoms with E-state index in [1.54, 1.807) is 0 Å². The number of benzene rings is 1. The summed E-state index contributed by atoms with van der Waals surface area (Å²) in [6, 6.07) is 4.50. The van der Waals surface area contributed by atoms with E-state index in [2.05, 4.69) is 0 Å². The smallest absolute Gasteiger partial charge is 0.416 e. The predicted octanol–water partition coefficient (Wildman–Crippen LogP) is 2.62. The number of carbonyl (C=O) groups is 1. The average Bonchev–Trinajstić information content (AvgIpc) is 2.69. The van der Waals surface area contributed by atoms with Crippen LogP contribution in [-0.2, 0) is 20.4 Å². The normalized spacial score (nSPS) is 15.9. The summed E-state index contributed by atoms with van der Waals surface area (Å²) in [5.74, 6) is -0.439. The number of ether oxygens (including phenoxy) is 2. The van der Waals surface area contributed by atoms with Gasteiger partial charge in [0, 0.05) is 0 Å². The molecule has 18 heavy (non-hydrogen) atoms. The van der Waals surface area contributed by atoms with Gasteiger partial charge >= 0.3 is 12.1 Å². The maximum atomic E-state index is 12.6. The first-order valence-electron chi connectivity index (χ1n) is 5.05. The van der Waals surface area contributed by atoms with Crippen molar-refractivity contribution in [2.45, 2.75) is 6.18 Å². The molecule has 1 aliphatic heterocycles. The van der Waals surface area contributed by atoms with Crippen LogP contribution < -0.4 is 0 Å². The lowest BCUT2D eigenvalue weighted by Crippen LogP contribution is -2.06. The topological polar surface area (TPSA) is 35.5 Å². The summed E-state index contributed by atoms with van der Waals surface area (Å²) in [6.07, 6.45) is -4.45. The number of carbonyl (C=O) groups excluding carboxylic acids is 1. The zero-order valence-corrected chi connectivity index (χ0v) is 9.38. The van der Waals surface area contributed by atoms with E-state index in [4.69, 9.17) is 9.47 Å². The van der Waals surface area contributed by atoms with Crippen LogP contribution in [0.4, 0.5) is 13.2 Å². The van der Waals surface area contributed by atoms with Crippen molar-refractivity contribution in [3.05, 3.63) is 41.2 Å². The second kappa shape index (κ2) is 4.36. The summed E-state index contributed by atoms with van der Waals surface area (Å²) < 4.78 is 47.4. The first-order chi connectivity index (χ1) is 8.43. The number of methoxy groups -OCH3 is 1. The molecule has 96 valence electrons. The van der Waals surface area contributed by atoms with E-state index < -0.39 is 17.7 Å². The number of rotatable bonds is 2. The van der Waals surface area contributed by atoms with E-state index in [1.165, 1.54) is 19.2 Å². The van der Waals surface area contributed by atoms with Gasteiger partial charge in [-0.3, -0.25) is 0 Å². The van der Waals surface area contributed by atoms with E-state index in [0.717, 1.165) is 12.1 Å². The SMILES string of the molecule is COC1=C(c2cccc(C(F)(F)F)c2)C(=O)OC1. The van der Waals surface area contributed by atoms with Gasteiger partial charge in [-0.2, -0.15) is 13.2 Å². The third-order valence-electron chi connectivity index (χ3n) is 2.54. The summed E-state index contributed by atoms with van der Waals surface area (Å²) in [7, 11) is 1.34. The molecule has 1 heterocycles. The zero-order chi connectivity index (χ0) is 13.3. The fraction of sp³-hybridized carbons (Fsp3) is 0.250. The minimum Gasteiger partial charge on any atom is -0.497 e. The average molecular weight is 258 g/mol. The van der Waals surface area contributed by atoms with Gasteiger partial charge in [-0.15, -0.1) is 0 Å².